The van der Waals surface area contributed by atoms with Crippen molar-refractivity contribution in [1.82, 2.24) is 9.71 Å². The molecule has 2 aromatic rings. The Morgan fingerprint density at radius 2 is 1.82 bits per heavy atom. The van der Waals surface area contributed by atoms with E-state index in [1.165, 1.54) is 11.8 Å². The van der Waals surface area contributed by atoms with E-state index < -0.39 is 28.0 Å². The first-order valence-corrected chi connectivity index (χ1v) is 12.1. The first kappa shape index (κ1) is 22.6. The molecule has 0 aliphatic rings. The van der Waals surface area contributed by atoms with Gasteiger partial charge in [0.05, 0.1) is 29.2 Å². The number of nitrogens with zero attached hydrogens (tertiary/aromatic N) is 1. The van der Waals surface area contributed by atoms with Crippen LogP contribution >= 0.6 is 23.1 Å². The molecule has 1 aromatic heterocycles. The number of para-hydroxylation sites is 1. The number of rotatable bonds is 11. The molecular formula is C17H22N2O6S3. The number of hydrogen-bond donors (Lipinski definition) is 1. The highest BCUT2D eigenvalue weighted by molar-refractivity contribution is 8.01. The van der Waals surface area contributed by atoms with Gasteiger partial charge in [0.15, 0.2) is 4.34 Å². The van der Waals surface area contributed by atoms with E-state index >= 15 is 0 Å². The largest absolute Gasteiger partial charge is 0.464 e. The van der Waals surface area contributed by atoms with Crippen molar-refractivity contribution in [3.63, 3.8) is 0 Å². The number of nitrogens with one attached hydrogen (secondary N) is 1. The third-order valence-corrected chi connectivity index (χ3v) is 7.09. The van der Waals surface area contributed by atoms with Gasteiger partial charge < -0.3 is 9.47 Å². The Bertz CT molecular complexity index is 862. The van der Waals surface area contributed by atoms with Gasteiger partial charge in [0, 0.05) is 5.75 Å². The summed E-state index contributed by atoms with van der Waals surface area (Å²) >= 11 is 3.02. The fourth-order valence-corrected chi connectivity index (χ4v) is 5.66. The highest BCUT2D eigenvalue weighted by Crippen LogP contribution is 2.29. The molecule has 1 N–H and O–H groups in total. The number of benzene rings is 1. The molecule has 11 heteroatoms. The van der Waals surface area contributed by atoms with E-state index in [2.05, 4.69) is 9.71 Å². The molecule has 28 heavy (non-hydrogen) atoms. The van der Waals surface area contributed by atoms with Crippen molar-refractivity contribution >= 4 is 55.3 Å². The summed E-state index contributed by atoms with van der Waals surface area (Å²) in [6.07, 6.45) is 0.328. The first-order chi connectivity index (χ1) is 13.4. The molecule has 0 fully saturated rings. The number of thiazole rings is 1. The van der Waals surface area contributed by atoms with Gasteiger partial charge in [-0.3, -0.25) is 0 Å². The SMILES string of the molecule is CCOC(=O)C(NS(=O)(=O)CCCSc1nc2ccccc2s1)C(=O)OCC. The molecule has 8 nitrogen and oxygen atoms in total. The van der Waals surface area contributed by atoms with E-state index in [1.807, 2.05) is 24.3 Å². The van der Waals surface area contributed by atoms with E-state index in [0.29, 0.717) is 12.2 Å². The van der Waals surface area contributed by atoms with Crippen LogP contribution in [0.1, 0.15) is 20.3 Å². The molecule has 1 aromatic carbocycles. The van der Waals surface area contributed by atoms with Gasteiger partial charge in [-0.25, -0.2) is 23.0 Å². The van der Waals surface area contributed by atoms with Crippen LogP contribution in [0.3, 0.4) is 0 Å². The van der Waals surface area contributed by atoms with Gasteiger partial charge in [0.2, 0.25) is 16.1 Å². The summed E-state index contributed by atoms with van der Waals surface area (Å²) in [5.41, 5.74) is 0.913. The Kier molecular flexibility index (Phi) is 8.67. The van der Waals surface area contributed by atoms with Crippen LogP contribution in [0.5, 0.6) is 0 Å². The van der Waals surface area contributed by atoms with Crippen molar-refractivity contribution in [3.05, 3.63) is 24.3 Å². The molecule has 0 spiro atoms. The van der Waals surface area contributed by atoms with E-state index in [9.17, 15) is 18.0 Å². The zero-order valence-electron chi connectivity index (χ0n) is 15.5. The number of ether oxygens (including phenoxy) is 2. The highest BCUT2D eigenvalue weighted by Gasteiger charge is 2.33. The summed E-state index contributed by atoms with van der Waals surface area (Å²) in [5, 5.41) is 0. The zero-order valence-corrected chi connectivity index (χ0v) is 18.0. The molecule has 154 valence electrons. The Hall–Kier alpha value is -1.69. The van der Waals surface area contributed by atoms with Crippen LogP contribution in [0.2, 0.25) is 0 Å². The minimum Gasteiger partial charge on any atom is -0.464 e. The van der Waals surface area contributed by atoms with Crippen LogP contribution in [0, 0.1) is 0 Å². The molecule has 0 unspecified atom stereocenters. The van der Waals surface area contributed by atoms with E-state index in [-0.39, 0.29) is 19.0 Å². The summed E-state index contributed by atoms with van der Waals surface area (Å²) < 4.78 is 38.0. The van der Waals surface area contributed by atoms with Crippen molar-refractivity contribution in [2.24, 2.45) is 0 Å². The van der Waals surface area contributed by atoms with Crippen molar-refractivity contribution in [1.29, 1.82) is 0 Å². The monoisotopic (exact) mass is 446 g/mol. The van der Waals surface area contributed by atoms with Gasteiger partial charge in [0.25, 0.3) is 0 Å². The van der Waals surface area contributed by atoms with Crippen molar-refractivity contribution in [2.45, 2.75) is 30.6 Å². The van der Waals surface area contributed by atoms with Crippen LogP contribution in [-0.4, -0.2) is 56.1 Å². The Morgan fingerprint density at radius 1 is 1.18 bits per heavy atom. The third-order valence-electron chi connectivity index (χ3n) is 3.40. The second kappa shape index (κ2) is 10.7. The molecule has 0 aliphatic heterocycles. The van der Waals surface area contributed by atoms with Gasteiger partial charge in [0.1, 0.15) is 0 Å². The average molecular weight is 447 g/mol. The first-order valence-electron chi connectivity index (χ1n) is 8.68. The molecule has 0 atom stereocenters. The quantitative estimate of drug-likeness (QED) is 0.242. The fourth-order valence-electron chi connectivity index (χ4n) is 2.20. The molecule has 0 aliphatic carbocycles. The van der Waals surface area contributed by atoms with Crippen LogP contribution < -0.4 is 4.72 Å². The Balaban J connectivity index is 1.88. The molecule has 0 bridgehead atoms. The number of carbonyl (C=O) groups is 2. The summed E-state index contributed by atoms with van der Waals surface area (Å²) in [4.78, 5) is 28.2. The molecule has 0 radical (unpaired) electrons. The lowest BCUT2D eigenvalue weighted by Gasteiger charge is -2.15. The second-order valence-corrected chi connectivity index (χ2v) is 9.77. The minimum absolute atomic E-state index is 0.0231. The summed E-state index contributed by atoms with van der Waals surface area (Å²) in [6, 6.07) is 6.07. The number of sulfonamides is 1. The number of fused-ring (bicyclic) bond motifs is 1. The maximum Gasteiger partial charge on any atom is 0.335 e. The van der Waals surface area contributed by atoms with Crippen molar-refractivity contribution in [3.8, 4) is 0 Å². The molecule has 0 saturated heterocycles. The van der Waals surface area contributed by atoms with Crippen LogP contribution in [0.15, 0.2) is 28.6 Å². The van der Waals surface area contributed by atoms with Gasteiger partial charge in [-0.2, -0.15) is 4.72 Å². The van der Waals surface area contributed by atoms with Gasteiger partial charge in [-0.05, 0) is 32.4 Å². The lowest BCUT2D eigenvalue weighted by atomic mass is 10.3. The number of carbonyl (C=O) groups excluding carboxylic acids is 2. The highest BCUT2D eigenvalue weighted by atomic mass is 32.2. The fraction of sp³-hybridized carbons (Fsp3) is 0.471. The predicted octanol–water partition coefficient (Wildman–Crippen LogP) is 2.19. The average Bonchev–Trinajstić information content (AvgIpc) is 3.06. The topological polar surface area (TPSA) is 112 Å². The number of thioether (sulfide) groups is 1. The third kappa shape index (κ3) is 6.73. The maximum absolute atomic E-state index is 12.3. The lowest BCUT2D eigenvalue weighted by Crippen LogP contribution is -2.48. The van der Waals surface area contributed by atoms with Crippen LogP contribution in [-0.2, 0) is 29.1 Å². The zero-order chi connectivity index (χ0) is 20.6. The van der Waals surface area contributed by atoms with Gasteiger partial charge in [-0.1, -0.05) is 23.9 Å². The van der Waals surface area contributed by atoms with Gasteiger partial charge >= 0.3 is 11.9 Å². The molecule has 2 rings (SSSR count). The van der Waals surface area contributed by atoms with E-state index in [0.717, 1.165) is 14.6 Å². The lowest BCUT2D eigenvalue weighted by molar-refractivity contribution is -0.157. The van der Waals surface area contributed by atoms with Crippen LogP contribution in [0.4, 0.5) is 0 Å². The number of esters is 2. The predicted molar refractivity (Wildman–Crippen MR) is 109 cm³/mol. The van der Waals surface area contributed by atoms with E-state index in [4.69, 9.17) is 9.47 Å². The van der Waals surface area contributed by atoms with Crippen molar-refractivity contribution in [2.75, 3.05) is 24.7 Å². The smallest absolute Gasteiger partial charge is 0.335 e. The summed E-state index contributed by atoms with van der Waals surface area (Å²) in [7, 11) is -3.87. The molecular weight excluding hydrogens is 424 g/mol. The Labute approximate surface area is 172 Å². The minimum atomic E-state index is -3.87. The maximum atomic E-state index is 12.3. The van der Waals surface area contributed by atoms with E-state index in [1.54, 1.807) is 25.2 Å². The number of aromatic nitrogens is 1. The second-order valence-electron chi connectivity index (χ2n) is 5.52. The Morgan fingerprint density at radius 3 is 2.43 bits per heavy atom. The van der Waals surface area contributed by atoms with Crippen molar-refractivity contribution < 1.29 is 27.5 Å². The normalized spacial score (nSPS) is 11.7. The molecule has 0 amide bonds. The molecule has 1 heterocycles. The summed E-state index contributed by atoms with van der Waals surface area (Å²) in [5.74, 6) is -1.66. The van der Waals surface area contributed by atoms with Gasteiger partial charge in [-0.15, -0.1) is 11.3 Å². The summed E-state index contributed by atoms with van der Waals surface area (Å²) in [6.45, 7) is 3.17. The number of hydrogen-bond acceptors (Lipinski definition) is 9. The molecule has 0 saturated carbocycles. The van der Waals surface area contributed by atoms with Crippen LogP contribution in [0.25, 0.3) is 10.2 Å². The standard InChI is InChI=1S/C17H22N2O6S3/c1-3-24-15(20)14(16(21)25-4-2)19-28(22,23)11-7-10-26-17-18-12-8-5-6-9-13(12)27-17/h5-6,8-9,14,19H,3-4,7,10-11H2,1-2H3.